The summed E-state index contributed by atoms with van der Waals surface area (Å²) in [5.74, 6) is 1.06. The van der Waals surface area contributed by atoms with E-state index in [0.29, 0.717) is 11.7 Å². The van der Waals surface area contributed by atoms with Gasteiger partial charge in [0.25, 0.3) is 0 Å². The average molecular weight is 479 g/mol. The van der Waals surface area contributed by atoms with Gasteiger partial charge in [-0.15, -0.1) is 0 Å². The lowest BCUT2D eigenvalue weighted by Gasteiger charge is -2.45. The van der Waals surface area contributed by atoms with Crippen LogP contribution in [0.3, 0.4) is 0 Å². The summed E-state index contributed by atoms with van der Waals surface area (Å²) in [6, 6.07) is 12.2. The molecule has 0 unspecified atom stereocenters. The summed E-state index contributed by atoms with van der Waals surface area (Å²) in [5, 5.41) is 10.7. The molecule has 3 aliphatic carbocycles. The fourth-order valence-corrected chi connectivity index (χ4v) is 6.62. The third-order valence-corrected chi connectivity index (χ3v) is 8.47. The molecule has 1 fully saturated rings. The van der Waals surface area contributed by atoms with E-state index < -0.39 is 5.41 Å². The first-order chi connectivity index (χ1) is 17.4. The predicted molar refractivity (Wildman–Crippen MR) is 137 cm³/mol. The smallest absolute Gasteiger partial charge is 0.220 e. The maximum Gasteiger partial charge on any atom is 0.220 e. The van der Waals surface area contributed by atoms with Crippen molar-refractivity contribution in [2.24, 2.45) is 11.8 Å². The Kier molecular flexibility index (Phi) is 5.40. The summed E-state index contributed by atoms with van der Waals surface area (Å²) in [6.07, 6.45) is 8.05. The number of rotatable bonds is 3. The number of allylic oxidation sites excluding steroid dienone is 2. The normalized spacial score (nSPS) is 25.7. The van der Waals surface area contributed by atoms with Gasteiger partial charge in [-0.1, -0.05) is 38.1 Å². The van der Waals surface area contributed by atoms with Crippen LogP contribution < -0.4 is 4.74 Å². The van der Waals surface area contributed by atoms with Gasteiger partial charge in [0.05, 0.1) is 16.8 Å². The minimum Gasteiger partial charge on any atom is -0.474 e. The van der Waals surface area contributed by atoms with Crippen molar-refractivity contribution in [1.82, 2.24) is 15.0 Å². The molecule has 0 N–H and O–H groups in total. The van der Waals surface area contributed by atoms with E-state index in [9.17, 15) is 10.1 Å². The second kappa shape index (κ2) is 8.51. The summed E-state index contributed by atoms with van der Waals surface area (Å²) in [7, 11) is 0. The number of nitrogens with zero attached hydrogens (tertiary/aromatic N) is 4. The molecule has 0 aliphatic heterocycles. The number of Topliss-reactive ketones (excluding diaryl/α,β-unsaturated/α-hetero) is 1. The highest BCUT2D eigenvalue weighted by Crippen LogP contribution is 2.51. The molecule has 0 bridgehead atoms. The van der Waals surface area contributed by atoms with E-state index in [2.05, 4.69) is 19.1 Å². The number of benzene rings is 1. The molecule has 6 rings (SSSR count). The van der Waals surface area contributed by atoms with Crippen LogP contribution in [0, 0.1) is 30.1 Å². The standard InChI is InChI=1S/C30H30N4O2/c1-17-14-23(21-10-6-7-11-25(21)32-17)28-33-27-22(29(34-28)36-20-8-4-5-9-20)12-13-24-18(2)26(35)19(16-31)15-30(24,27)3/h6-7,10-11,14-15,18,20,24H,4-5,8-9,12-13H2,1-3H3/t18-,24-,30-/m1/s1. The molecule has 1 saturated carbocycles. The molecular weight excluding hydrogens is 448 g/mol. The second-order valence-corrected chi connectivity index (χ2v) is 10.8. The van der Waals surface area contributed by atoms with E-state index >= 15 is 0 Å². The zero-order valence-electron chi connectivity index (χ0n) is 21.0. The molecule has 0 saturated heterocycles. The van der Waals surface area contributed by atoms with Crippen molar-refractivity contribution in [3.8, 4) is 23.3 Å². The van der Waals surface area contributed by atoms with Gasteiger partial charge in [0, 0.05) is 33.5 Å². The topological polar surface area (TPSA) is 88.8 Å². The number of carbonyl (C=O) groups is 1. The number of aromatic nitrogens is 3. The Labute approximate surface area is 211 Å². The molecule has 36 heavy (non-hydrogen) atoms. The fraction of sp³-hybridized carbons (Fsp3) is 0.433. The van der Waals surface area contributed by atoms with Crippen molar-refractivity contribution in [3.05, 3.63) is 58.9 Å². The summed E-state index contributed by atoms with van der Waals surface area (Å²) in [6.45, 7) is 6.07. The summed E-state index contributed by atoms with van der Waals surface area (Å²) in [4.78, 5) is 27.8. The van der Waals surface area contributed by atoms with Crippen molar-refractivity contribution in [3.63, 3.8) is 0 Å². The summed E-state index contributed by atoms with van der Waals surface area (Å²) < 4.78 is 6.58. The van der Waals surface area contributed by atoms with Crippen LogP contribution in [0.4, 0.5) is 0 Å². The van der Waals surface area contributed by atoms with Crippen molar-refractivity contribution < 1.29 is 9.53 Å². The predicted octanol–water partition coefficient (Wildman–Crippen LogP) is 5.81. The number of aryl methyl sites for hydroxylation is 1. The van der Waals surface area contributed by atoms with Crippen LogP contribution in [-0.2, 0) is 16.6 Å². The number of pyridine rings is 1. The van der Waals surface area contributed by atoms with Gasteiger partial charge in [-0.2, -0.15) is 10.2 Å². The average Bonchev–Trinajstić information content (AvgIpc) is 3.39. The third kappa shape index (κ3) is 3.52. The van der Waals surface area contributed by atoms with Crippen molar-refractivity contribution in [1.29, 1.82) is 5.26 Å². The number of ketones is 1. The maximum absolute atomic E-state index is 12.9. The number of hydrogen-bond donors (Lipinski definition) is 0. The Bertz CT molecular complexity index is 1460. The van der Waals surface area contributed by atoms with Crippen LogP contribution in [0.1, 0.15) is 62.9 Å². The van der Waals surface area contributed by atoms with Crippen molar-refractivity contribution >= 4 is 16.7 Å². The van der Waals surface area contributed by atoms with E-state index in [1.54, 1.807) is 0 Å². The first-order valence-corrected chi connectivity index (χ1v) is 13.0. The Morgan fingerprint density at radius 3 is 2.67 bits per heavy atom. The molecule has 0 radical (unpaired) electrons. The molecule has 6 nitrogen and oxygen atoms in total. The number of carbonyl (C=O) groups excluding carboxylic acids is 1. The molecule has 2 heterocycles. The highest BCUT2D eigenvalue weighted by atomic mass is 16.5. The molecule has 1 aromatic carbocycles. The lowest BCUT2D eigenvalue weighted by Crippen LogP contribution is -2.46. The minimum absolute atomic E-state index is 0.0594. The number of hydrogen-bond acceptors (Lipinski definition) is 6. The zero-order valence-corrected chi connectivity index (χ0v) is 21.0. The zero-order chi connectivity index (χ0) is 25.0. The molecule has 3 aliphatic rings. The van der Waals surface area contributed by atoms with Crippen LogP contribution >= 0.6 is 0 Å². The van der Waals surface area contributed by atoms with Gasteiger partial charge in [-0.25, -0.2) is 4.98 Å². The van der Waals surface area contributed by atoms with Gasteiger partial charge in [-0.05, 0) is 63.5 Å². The molecule has 3 aromatic rings. The van der Waals surface area contributed by atoms with Crippen LogP contribution in [0.2, 0.25) is 0 Å². The molecule has 3 atom stereocenters. The van der Waals surface area contributed by atoms with Crippen molar-refractivity contribution in [2.45, 2.75) is 70.8 Å². The molecule has 2 aromatic heterocycles. The van der Waals surface area contributed by atoms with E-state index in [1.165, 1.54) is 12.8 Å². The Morgan fingerprint density at radius 2 is 1.89 bits per heavy atom. The Hall–Kier alpha value is -3.59. The highest BCUT2D eigenvalue weighted by Gasteiger charge is 2.50. The molecule has 0 spiro atoms. The first kappa shape index (κ1) is 22.8. The SMILES string of the molecule is Cc1cc(-c2nc(OC3CCCC3)c3c(n2)[C@]2(C)C=C(C#N)C(=O)[C@H](C)[C@H]2CC3)c2ccccc2n1. The van der Waals surface area contributed by atoms with Gasteiger partial charge >= 0.3 is 0 Å². The van der Waals surface area contributed by atoms with Crippen LogP contribution in [0.25, 0.3) is 22.3 Å². The first-order valence-electron chi connectivity index (χ1n) is 13.0. The van der Waals surface area contributed by atoms with Crippen LogP contribution in [0.5, 0.6) is 5.88 Å². The Balaban J connectivity index is 1.61. The van der Waals surface area contributed by atoms with Crippen LogP contribution in [-0.4, -0.2) is 26.8 Å². The maximum atomic E-state index is 12.9. The summed E-state index contributed by atoms with van der Waals surface area (Å²) >= 11 is 0. The van der Waals surface area contributed by atoms with Gasteiger partial charge in [0.15, 0.2) is 11.6 Å². The Morgan fingerprint density at radius 1 is 1.11 bits per heavy atom. The van der Waals surface area contributed by atoms with Gasteiger partial charge in [0.2, 0.25) is 5.88 Å². The fourth-order valence-electron chi connectivity index (χ4n) is 6.62. The van der Waals surface area contributed by atoms with Gasteiger partial charge in [-0.3, -0.25) is 9.78 Å². The number of ether oxygens (including phenoxy) is 1. The molecule has 182 valence electrons. The van der Waals surface area contributed by atoms with E-state index in [-0.39, 0.29) is 29.3 Å². The molecule has 6 heteroatoms. The minimum atomic E-state index is -0.546. The van der Waals surface area contributed by atoms with E-state index in [4.69, 9.17) is 19.7 Å². The monoisotopic (exact) mass is 478 g/mol. The van der Waals surface area contributed by atoms with E-state index in [0.717, 1.165) is 59.1 Å². The third-order valence-electron chi connectivity index (χ3n) is 8.47. The molecule has 0 amide bonds. The molecular formula is C30H30N4O2. The lowest BCUT2D eigenvalue weighted by atomic mass is 9.58. The number of fused-ring (bicyclic) bond motifs is 4. The van der Waals surface area contributed by atoms with Gasteiger partial charge in [0.1, 0.15) is 12.2 Å². The summed E-state index contributed by atoms with van der Waals surface area (Å²) in [5.41, 5.74) is 4.33. The number of para-hydroxylation sites is 1. The second-order valence-electron chi connectivity index (χ2n) is 10.8. The lowest BCUT2D eigenvalue weighted by molar-refractivity contribution is -0.121. The quantitative estimate of drug-likeness (QED) is 0.472. The van der Waals surface area contributed by atoms with Crippen LogP contribution in [0.15, 0.2) is 42.0 Å². The number of nitriles is 1. The van der Waals surface area contributed by atoms with E-state index in [1.807, 2.05) is 44.2 Å². The van der Waals surface area contributed by atoms with Crippen molar-refractivity contribution in [2.75, 3.05) is 0 Å². The largest absolute Gasteiger partial charge is 0.474 e. The van der Waals surface area contributed by atoms with Gasteiger partial charge < -0.3 is 4.74 Å². The highest BCUT2D eigenvalue weighted by molar-refractivity contribution is 6.02.